The molecular weight excluding hydrogens is 236 g/mol. The van der Waals surface area contributed by atoms with Crippen LogP contribution in [-0.2, 0) is 4.74 Å². The second-order valence-electron chi connectivity index (χ2n) is 5.69. The van der Waals surface area contributed by atoms with Crippen LogP contribution in [0.1, 0.15) is 30.0 Å². The second kappa shape index (κ2) is 7.04. The van der Waals surface area contributed by atoms with E-state index in [2.05, 4.69) is 43.1 Å². The van der Waals surface area contributed by atoms with Gasteiger partial charge in [0.2, 0.25) is 0 Å². The van der Waals surface area contributed by atoms with Gasteiger partial charge in [-0.05, 0) is 38.3 Å². The number of ether oxygens (including phenoxy) is 1. The third-order valence-corrected chi connectivity index (χ3v) is 3.98. The molecule has 3 heteroatoms. The average Bonchev–Trinajstić information content (AvgIpc) is 2.41. The Kier molecular flexibility index (Phi) is 5.37. The maximum Gasteiger partial charge on any atom is 0.0506 e. The normalized spacial score (nSPS) is 21.6. The van der Waals surface area contributed by atoms with Gasteiger partial charge < -0.3 is 10.5 Å². The van der Waals surface area contributed by atoms with Crippen molar-refractivity contribution < 1.29 is 4.74 Å². The summed E-state index contributed by atoms with van der Waals surface area (Å²) in [7, 11) is 2.18. The molecule has 1 aromatic rings. The molecule has 1 aromatic carbocycles. The largest absolute Gasteiger partial charge is 0.381 e. The van der Waals surface area contributed by atoms with Gasteiger partial charge in [0, 0.05) is 25.7 Å². The Morgan fingerprint density at radius 1 is 1.47 bits per heavy atom. The number of rotatable bonds is 5. The SMILES string of the molecule is Cc1cccc(C(CN)N(C)CC2CCCOC2)c1. The molecule has 0 bridgehead atoms. The monoisotopic (exact) mass is 262 g/mol. The van der Waals surface area contributed by atoms with E-state index in [4.69, 9.17) is 10.5 Å². The molecule has 2 rings (SSSR count). The van der Waals surface area contributed by atoms with Crippen molar-refractivity contribution in [3.05, 3.63) is 35.4 Å². The Labute approximate surface area is 116 Å². The van der Waals surface area contributed by atoms with Crippen molar-refractivity contribution in [3.8, 4) is 0 Å². The minimum atomic E-state index is 0.307. The topological polar surface area (TPSA) is 38.5 Å². The van der Waals surface area contributed by atoms with Crippen molar-refractivity contribution in [1.29, 1.82) is 0 Å². The second-order valence-corrected chi connectivity index (χ2v) is 5.69. The summed E-state index contributed by atoms with van der Waals surface area (Å²) in [6.07, 6.45) is 2.46. The number of nitrogens with zero attached hydrogens (tertiary/aromatic N) is 1. The average molecular weight is 262 g/mol. The summed E-state index contributed by atoms with van der Waals surface area (Å²) in [5.41, 5.74) is 8.61. The lowest BCUT2D eigenvalue weighted by Crippen LogP contribution is -2.36. The highest BCUT2D eigenvalue weighted by Gasteiger charge is 2.21. The van der Waals surface area contributed by atoms with Gasteiger partial charge in [-0.3, -0.25) is 4.90 Å². The summed E-state index contributed by atoms with van der Waals surface area (Å²) in [6, 6.07) is 8.97. The van der Waals surface area contributed by atoms with Gasteiger partial charge in [0.1, 0.15) is 0 Å². The van der Waals surface area contributed by atoms with Crippen molar-refractivity contribution in [1.82, 2.24) is 4.90 Å². The molecule has 0 amide bonds. The predicted octanol–water partition coefficient (Wildman–Crippen LogP) is 2.35. The molecule has 3 nitrogen and oxygen atoms in total. The first-order valence-electron chi connectivity index (χ1n) is 7.25. The van der Waals surface area contributed by atoms with Crippen molar-refractivity contribution in [2.24, 2.45) is 11.7 Å². The van der Waals surface area contributed by atoms with Crippen LogP contribution in [0.15, 0.2) is 24.3 Å². The minimum Gasteiger partial charge on any atom is -0.381 e. The molecule has 19 heavy (non-hydrogen) atoms. The molecule has 1 heterocycles. The Balaban J connectivity index is 1.99. The van der Waals surface area contributed by atoms with Gasteiger partial charge in [-0.15, -0.1) is 0 Å². The zero-order chi connectivity index (χ0) is 13.7. The fraction of sp³-hybridized carbons (Fsp3) is 0.625. The van der Waals surface area contributed by atoms with Crippen molar-refractivity contribution in [2.45, 2.75) is 25.8 Å². The molecule has 1 aliphatic rings. The summed E-state index contributed by atoms with van der Waals surface area (Å²) in [4.78, 5) is 2.38. The van der Waals surface area contributed by atoms with E-state index in [1.54, 1.807) is 0 Å². The summed E-state index contributed by atoms with van der Waals surface area (Å²) in [5.74, 6) is 0.651. The predicted molar refractivity (Wildman–Crippen MR) is 79.1 cm³/mol. The number of benzene rings is 1. The molecule has 0 aliphatic carbocycles. The number of nitrogens with two attached hydrogens (primary N) is 1. The van der Waals surface area contributed by atoms with Crippen LogP contribution in [0, 0.1) is 12.8 Å². The van der Waals surface area contributed by atoms with Gasteiger partial charge in [-0.25, -0.2) is 0 Å². The molecule has 0 spiro atoms. The molecule has 2 N–H and O–H groups in total. The zero-order valence-corrected chi connectivity index (χ0v) is 12.1. The maximum absolute atomic E-state index is 5.99. The third-order valence-electron chi connectivity index (χ3n) is 3.98. The Morgan fingerprint density at radius 2 is 2.32 bits per heavy atom. The fourth-order valence-electron chi connectivity index (χ4n) is 2.93. The minimum absolute atomic E-state index is 0.307. The number of hydrogen-bond donors (Lipinski definition) is 1. The zero-order valence-electron chi connectivity index (χ0n) is 12.1. The number of likely N-dealkylation sites (N-methyl/N-ethyl adjacent to an activating group) is 1. The van der Waals surface area contributed by atoms with E-state index < -0.39 is 0 Å². The van der Waals surface area contributed by atoms with Crippen LogP contribution in [0.4, 0.5) is 0 Å². The van der Waals surface area contributed by atoms with E-state index in [0.717, 1.165) is 19.8 Å². The van der Waals surface area contributed by atoms with Gasteiger partial charge in [0.15, 0.2) is 0 Å². The van der Waals surface area contributed by atoms with Crippen molar-refractivity contribution in [3.63, 3.8) is 0 Å². The quantitative estimate of drug-likeness (QED) is 0.885. The van der Waals surface area contributed by atoms with E-state index in [9.17, 15) is 0 Å². The summed E-state index contributed by atoms with van der Waals surface area (Å²) >= 11 is 0. The van der Waals surface area contributed by atoms with Gasteiger partial charge >= 0.3 is 0 Å². The van der Waals surface area contributed by atoms with Crippen molar-refractivity contribution >= 4 is 0 Å². The number of aryl methyl sites for hydroxylation is 1. The standard InChI is InChI=1S/C16H26N2O/c1-13-5-3-7-15(9-13)16(10-17)18(2)11-14-6-4-8-19-12-14/h3,5,7,9,14,16H,4,6,8,10-12,17H2,1-2H3. The maximum atomic E-state index is 5.99. The van der Waals surface area contributed by atoms with Crippen LogP contribution in [-0.4, -0.2) is 38.3 Å². The first-order valence-corrected chi connectivity index (χ1v) is 7.25. The first kappa shape index (κ1) is 14.5. The molecule has 0 radical (unpaired) electrons. The molecule has 106 valence electrons. The fourth-order valence-corrected chi connectivity index (χ4v) is 2.93. The van der Waals surface area contributed by atoms with E-state index in [-0.39, 0.29) is 0 Å². The molecule has 1 saturated heterocycles. The Morgan fingerprint density at radius 3 is 2.95 bits per heavy atom. The first-order chi connectivity index (χ1) is 9.20. The van der Waals surface area contributed by atoms with Gasteiger partial charge in [-0.1, -0.05) is 29.8 Å². The van der Waals surface area contributed by atoms with Crippen LogP contribution in [0.2, 0.25) is 0 Å². The summed E-state index contributed by atoms with van der Waals surface area (Å²) in [5, 5.41) is 0. The van der Waals surface area contributed by atoms with Crippen LogP contribution in [0.5, 0.6) is 0 Å². The molecule has 2 unspecified atom stereocenters. The van der Waals surface area contributed by atoms with E-state index in [1.165, 1.54) is 24.0 Å². The van der Waals surface area contributed by atoms with E-state index >= 15 is 0 Å². The molecular formula is C16H26N2O. The van der Waals surface area contributed by atoms with Crippen LogP contribution < -0.4 is 5.73 Å². The number of hydrogen-bond acceptors (Lipinski definition) is 3. The van der Waals surface area contributed by atoms with Gasteiger partial charge in [-0.2, -0.15) is 0 Å². The smallest absolute Gasteiger partial charge is 0.0506 e. The van der Waals surface area contributed by atoms with E-state index in [0.29, 0.717) is 18.5 Å². The molecule has 1 fully saturated rings. The lowest BCUT2D eigenvalue weighted by molar-refractivity contribution is 0.0365. The lowest BCUT2D eigenvalue weighted by atomic mass is 9.98. The summed E-state index contributed by atoms with van der Waals surface area (Å²) < 4.78 is 5.56. The molecule has 1 aliphatic heterocycles. The lowest BCUT2D eigenvalue weighted by Gasteiger charge is -2.32. The molecule has 2 atom stereocenters. The Bertz CT molecular complexity index is 388. The van der Waals surface area contributed by atoms with Gasteiger partial charge in [0.05, 0.1) is 6.61 Å². The molecule has 0 aromatic heterocycles. The highest BCUT2D eigenvalue weighted by Crippen LogP contribution is 2.22. The highest BCUT2D eigenvalue weighted by molar-refractivity contribution is 5.25. The molecule has 0 saturated carbocycles. The van der Waals surface area contributed by atoms with Crippen LogP contribution in [0.25, 0.3) is 0 Å². The van der Waals surface area contributed by atoms with E-state index in [1.807, 2.05) is 0 Å². The van der Waals surface area contributed by atoms with Gasteiger partial charge in [0.25, 0.3) is 0 Å². The Hall–Kier alpha value is -0.900. The van der Waals surface area contributed by atoms with Crippen molar-refractivity contribution in [2.75, 3.05) is 33.4 Å². The summed E-state index contributed by atoms with van der Waals surface area (Å²) in [6.45, 7) is 5.68. The van der Waals surface area contributed by atoms with Crippen LogP contribution in [0.3, 0.4) is 0 Å². The van der Waals surface area contributed by atoms with Crippen LogP contribution >= 0.6 is 0 Å². The highest BCUT2D eigenvalue weighted by atomic mass is 16.5. The third kappa shape index (κ3) is 4.03.